The predicted octanol–water partition coefficient (Wildman–Crippen LogP) is 3.40. The highest BCUT2D eigenvalue weighted by Gasteiger charge is 2.59. The van der Waals surface area contributed by atoms with Crippen molar-refractivity contribution in [2.24, 2.45) is 11.3 Å². The number of hydrogen-bond acceptors (Lipinski definition) is 2. The van der Waals surface area contributed by atoms with Crippen molar-refractivity contribution in [1.29, 1.82) is 0 Å². The van der Waals surface area contributed by atoms with Crippen LogP contribution in [0.25, 0.3) is 0 Å². The standard InChI is InChI=1S/C16H28FNO/c1-15(2,3)16-7-4-8-18(16)14(13(17)9-16)11-19-10-12-5-6-12/h12-14H,4-11H2,1-3H3. The summed E-state index contributed by atoms with van der Waals surface area (Å²) in [5.41, 5.74) is 0.221. The van der Waals surface area contributed by atoms with Crippen LogP contribution in [-0.2, 0) is 4.74 Å². The molecular formula is C16H28FNO. The molecule has 0 spiro atoms. The van der Waals surface area contributed by atoms with Crippen molar-refractivity contribution in [3.05, 3.63) is 0 Å². The summed E-state index contributed by atoms with van der Waals surface area (Å²) in [5, 5.41) is 0. The average molecular weight is 269 g/mol. The Balaban J connectivity index is 1.67. The second-order valence-corrected chi connectivity index (χ2v) is 7.85. The van der Waals surface area contributed by atoms with Crippen molar-refractivity contribution in [1.82, 2.24) is 4.90 Å². The van der Waals surface area contributed by atoms with Crippen LogP contribution in [0, 0.1) is 11.3 Å². The summed E-state index contributed by atoms with van der Waals surface area (Å²) in [4.78, 5) is 2.45. The lowest BCUT2D eigenvalue weighted by atomic mass is 9.71. The number of hydrogen-bond donors (Lipinski definition) is 0. The molecule has 0 amide bonds. The Labute approximate surface area is 116 Å². The van der Waals surface area contributed by atoms with Crippen LogP contribution >= 0.6 is 0 Å². The molecule has 2 heterocycles. The number of fused-ring (bicyclic) bond motifs is 1. The smallest absolute Gasteiger partial charge is 0.120 e. The Morgan fingerprint density at radius 3 is 2.63 bits per heavy atom. The summed E-state index contributed by atoms with van der Waals surface area (Å²) in [7, 11) is 0. The van der Waals surface area contributed by atoms with Crippen LogP contribution in [0.2, 0.25) is 0 Å². The molecule has 2 nitrogen and oxygen atoms in total. The molecule has 3 heteroatoms. The fraction of sp³-hybridized carbons (Fsp3) is 1.00. The Morgan fingerprint density at radius 1 is 1.26 bits per heavy atom. The molecule has 3 atom stereocenters. The summed E-state index contributed by atoms with van der Waals surface area (Å²) in [6.07, 6.45) is 4.96. The second kappa shape index (κ2) is 4.70. The molecule has 0 aromatic rings. The van der Waals surface area contributed by atoms with E-state index in [0.717, 1.165) is 25.5 Å². The molecule has 2 saturated heterocycles. The maximum absolute atomic E-state index is 14.5. The Kier molecular flexibility index (Phi) is 3.41. The quantitative estimate of drug-likeness (QED) is 0.775. The van der Waals surface area contributed by atoms with Crippen LogP contribution in [0.15, 0.2) is 0 Å². The van der Waals surface area contributed by atoms with Crippen LogP contribution in [0.1, 0.15) is 52.9 Å². The van der Waals surface area contributed by atoms with E-state index in [1.54, 1.807) is 0 Å². The van der Waals surface area contributed by atoms with Crippen molar-refractivity contribution < 1.29 is 9.13 Å². The van der Waals surface area contributed by atoms with E-state index in [9.17, 15) is 4.39 Å². The molecule has 2 aliphatic heterocycles. The molecule has 1 saturated carbocycles. The van der Waals surface area contributed by atoms with Gasteiger partial charge in [0, 0.05) is 12.1 Å². The zero-order valence-electron chi connectivity index (χ0n) is 12.6. The van der Waals surface area contributed by atoms with Crippen LogP contribution in [0.5, 0.6) is 0 Å². The highest BCUT2D eigenvalue weighted by Crippen LogP contribution is 2.53. The highest BCUT2D eigenvalue weighted by atomic mass is 19.1. The average Bonchev–Trinajstić information content (AvgIpc) is 2.96. The van der Waals surface area contributed by atoms with Crippen LogP contribution < -0.4 is 0 Å². The van der Waals surface area contributed by atoms with Crippen LogP contribution in [-0.4, -0.2) is 42.4 Å². The van der Waals surface area contributed by atoms with Gasteiger partial charge in [0.15, 0.2) is 0 Å². The van der Waals surface area contributed by atoms with Gasteiger partial charge in [-0.15, -0.1) is 0 Å². The third kappa shape index (κ3) is 2.33. The molecule has 19 heavy (non-hydrogen) atoms. The highest BCUT2D eigenvalue weighted by molar-refractivity contribution is 5.13. The molecule has 3 fully saturated rings. The zero-order valence-corrected chi connectivity index (χ0v) is 12.6. The maximum atomic E-state index is 14.5. The lowest BCUT2D eigenvalue weighted by molar-refractivity contribution is 0.00357. The first kappa shape index (κ1) is 13.8. The number of nitrogens with zero attached hydrogens (tertiary/aromatic N) is 1. The zero-order chi connectivity index (χ0) is 13.7. The van der Waals surface area contributed by atoms with Crippen molar-refractivity contribution >= 4 is 0 Å². The Morgan fingerprint density at radius 2 is 2.00 bits per heavy atom. The molecule has 0 bridgehead atoms. The molecule has 0 radical (unpaired) electrons. The molecule has 110 valence electrons. The van der Waals surface area contributed by atoms with Gasteiger partial charge in [0.1, 0.15) is 6.17 Å². The monoisotopic (exact) mass is 269 g/mol. The van der Waals surface area contributed by atoms with Gasteiger partial charge in [-0.25, -0.2) is 4.39 Å². The lowest BCUT2D eigenvalue weighted by Gasteiger charge is -2.45. The van der Waals surface area contributed by atoms with Crippen molar-refractivity contribution in [2.45, 2.75) is 70.6 Å². The SMILES string of the molecule is CC(C)(C)C12CCCN1C(COCC1CC1)C(F)C2. The summed E-state index contributed by atoms with van der Waals surface area (Å²) in [5.74, 6) is 0.769. The van der Waals surface area contributed by atoms with Crippen molar-refractivity contribution in [3.63, 3.8) is 0 Å². The number of rotatable bonds is 4. The maximum Gasteiger partial charge on any atom is 0.120 e. The van der Waals surface area contributed by atoms with Gasteiger partial charge >= 0.3 is 0 Å². The van der Waals surface area contributed by atoms with Gasteiger partial charge in [0.25, 0.3) is 0 Å². The van der Waals surface area contributed by atoms with Crippen molar-refractivity contribution in [2.75, 3.05) is 19.8 Å². The molecular weight excluding hydrogens is 241 g/mol. The molecule has 0 N–H and O–H groups in total. The van der Waals surface area contributed by atoms with Gasteiger partial charge in [0.05, 0.1) is 12.6 Å². The predicted molar refractivity (Wildman–Crippen MR) is 75.0 cm³/mol. The minimum Gasteiger partial charge on any atom is -0.379 e. The first-order valence-corrected chi connectivity index (χ1v) is 7.93. The van der Waals surface area contributed by atoms with E-state index in [0.29, 0.717) is 13.0 Å². The Hall–Kier alpha value is -0.150. The molecule has 1 aliphatic carbocycles. The summed E-state index contributed by atoms with van der Waals surface area (Å²) in [6, 6.07) is 0.000440. The van der Waals surface area contributed by atoms with Crippen LogP contribution in [0.4, 0.5) is 4.39 Å². The summed E-state index contributed by atoms with van der Waals surface area (Å²) < 4.78 is 20.3. The van der Waals surface area contributed by atoms with E-state index >= 15 is 0 Å². The Bertz CT molecular complexity index is 336. The van der Waals surface area contributed by atoms with Gasteiger partial charge < -0.3 is 4.74 Å². The lowest BCUT2D eigenvalue weighted by Crippen LogP contribution is -2.52. The van der Waals surface area contributed by atoms with E-state index in [4.69, 9.17) is 4.74 Å². The van der Waals surface area contributed by atoms with Gasteiger partial charge in [-0.1, -0.05) is 20.8 Å². The third-order valence-electron chi connectivity index (χ3n) is 5.62. The summed E-state index contributed by atoms with van der Waals surface area (Å²) in [6.45, 7) is 9.30. The molecule has 3 rings (SSSR count). The second-order valence-electron chi connectivity index (χ2n) is 7.85. The molecule has 0 aromatic heterocycles. The van der Waals surface area contributed by atoms with E-state index in [2.05, 4.69) is 25.7 Å². The van der Waals surface area contributed by atoms with Gasteiger partial charge in [-0.3, -0.25) is 4.90 Å². The molecule has 3 aliphatic rings. The van der Waals surface area contributed by atoms with E-state index in [1.165, 1.54) is 19.3 Å². The topological polar surface area (TPSA) is 12.5 Å². The number of halogens is 1. The largest absolute Gasteiger partial charge is 0.379 e. The van der Waals surface area contributed by atoms with Gasteiger partial charge in [0.2, 0.25) is 0 Å². The van der Waals surface area contributed by atoms with Crippen molar-refractivity contribution in [3.8, 4) is 0 Å². The van der Waals surface area contributed by atoms with E-state index in [1.807, 2.05) is 0 Å². The minimum atomic E-state index is -0.710. The molecule has 0 aromatic carbocycles. The third-order valence-corrected chi connectivity index (χ3v) is 5.62. The first-order chi connectivity index (χ1) is 8.94. The fourth-order valence-corrected chi connectivity index (χ4v) is 4.20. The normalized spacial score (nSPS) is 39.8. The van der Waals surface area contributed by atoms with Crippen LogP contribution in [0.3, 0.4) is 0 Å². The summed E-state index contributed by atoms with van der Waals surface area (Å²) >= 11 is 0. The minimum absolute atomic E-state index is 0.000440. The van der Waals surface area contributed by atoms with E-state index in [-0.39, 0.29) is 17.0 Å². The van der Waals surface area contributed by atoms with Gasteiger partial charge in [-0.2, -0.15) is 0 Å². The molecule has 3 unspecified atom stereocenters. The number of ether oxygens (including phenoxy) is 1. The van der Waals surface area contributed by atoms with Gasteiger partial charge in [-0.05, 0) is 50.0 Å². The first-order valence-electron chi connectivity index (χ1n) is 7.93. The number of alkyl halides is 1. The van der Waals surface area contributed by atoms with E-state index < -0.39 is 6.17 Å². The fourth-order valence-electron chi connectivity index (χ4n) is 4.20.